The molecule has 0 radical (unpaired) electrons. The van der Waals surface area contributed by atoms with Crippen LogP contribution in [0.1, 0.15) is 41.8 Å². The maximum Gasteiger partial charge on any atom is 0.129 e. The van der Waals surface area contributed by atoms with Gasteiger partial charge in [-0.15, -0.1) is 0 Å². The van der Waals surface area contributed by atoms with Gasteiger partial charge in [-0.05, 0) is 25.8 Å². The third-order valence-electron chi connectivity index (χ3n) is 3.36. The molecule has 2 aromatic rings. The van der Waals surface area contributed by atoms with Crippen molar-refractivity contribution in [3.05, 3.63) is 53.4 Å². The number of aromatic nitrogens is 2. The van der Waals surface area contributed by atoms with Crippen LogP contribution in [0.3, 0.4) is 0 Å². The lowest BCUT2D eigenvalue weighted by Gasteiger charge is -2.15. The quantitative estimate of drug-likeness (QED) is 0.904. The molecule has 1 aliphatic rings. The summed E-state index contributed by atoms with van der Waals surface area (Å²) in [4.78, 5) is 4.06. The molecule has 1 aromatic heterocycles. The molecule has 94 valence electrons. The normalized spacial score (nSPS) is 16.8. The van der Waals surface area contributed by atoms with Gasteiger partial charge in [0.2, 0.25) is 0 Å². The summed E-state index contributed by atoms with van der Waals surface area (Å²) in [5.41, 5.74) is 1.92. The fourth-order valence-corrected chi connectivity index (χ4v) is 2.22. The topological polar surface area (TPSA) is 38.1 Å². The Morgan fingerprint density at radius 1 is 1.44 bits per heavy atom. The van der Waals surface area contributed by atoms with Gasteiger partial charge in [0.25, 0.3) is 0 Å². The second kappa shape index (κ2) is 4.21. The Labute approximate surface area is 105 Å². The number of aliphatic hydroxyl groups is 1. The summed E-state index contributed by atoms with van der Waals surface area (Å²) in [6, 6.07) is 5.20. The van der Waals surface area contributed by atoms with Crippen molar-refractivity contribution in [2.24, 2.45) is 0 Å². The second-order valence-corrected chi connectivity index (χ2v) is 4.88. The molecule has 3 rings (SSSR count). The molecule has 1 heterocycles. The summed E-state index contributed by atoms with van der Waals surface area (Å²) in [6.45, 7) is 1.88. The number of nitrogens with zero attached hydrogens (tertiary/aromatic N) is 2. The molecule has 0 amide bonds. The van der Waals surface area contributed by atoms with E-state index in [-0.39, 0.29) is 5.82 Å². The van der Waals surface area contributed by atoms with Crippen LogP contribution >= 0.6 is 0 Å². The van der Waals surface area contributed by atoms with Crippen LogP contribution in [0, 0.1) is 12.7 Å². The highest BCUT2D eigenvalue weighted by atomic mass is 19.1. The smallest absolute Gasteiger partial charge is 0.129 e. The van der Waals surface area contributed by atoms with Crippen molar-refractivity contribution < 1.29 is 9.50 Å². The molecule has 0 bridgehead atoms. The van der Waals surface area contributed by atoms with Crippen molar-refractivity contribution in [1.82, 2.24) is 9.55 Å². The lowest BCUT2D eigenvalue weighted by atomic mass is 10.0. The molecule has 1 aliphatic carbocycles. The predicted molar refractivity (Wildman–Crippen MR) is 65.7 cm³/mol. The maximum absolute atomic E-state index is 13.8. The highest BCUT2D eigenvalue weighted by molar-refractivity contribution is 5.30. The Bertz CT molecular complexity index is 575. The van der Waals surface area contributed by atoms with Gasteiger partial charge in [0.1, 0.15) is 11.9 Å². The van der Waals surface area contributed by atoms with E-state index >= 15 is 0 Å². The monoisotopic (exact) mass is 246 g/mol. The van der Waals surface area contributed by atoms with Crippen LogP contribution in [0.2, 0.25) is 0 Å². The molecule has 0 saturated heterocycles. The van der Waals surface area contributed by atoms with E-state index in [0.717, 1.165) is 18.4 Å². The molecule has 4 heteroatoms. The van der Waals surface area contributed by atoms with Crippen molar-refractivity contribution in [3.63, 3.8) is 0 Å². The van der Waals surface area contributed by atoms with E-state index in [1.807, 2.05) is 11.5 Å². The standard InChI is InChI=1S/C14H15FN2O/c1-9-2-5-12(15)11(6-9)14(18)13-7-16-8-17(13)10-3-4-10/h2,5-8,10,14,18H,3-4H2,1H3. The summed E-state index contributed by atoms with van der Waals surface area (Å²) in [5, 5.41) is 10.3. The van der Waals surface area contributed by atoms with Crippen LogP contribution in [0.25, 0.3) is 0 Å². The summed E-state index contributed by atoms with van der Waals surface area (Å²) >= 11 is 0. The van der Waals surface area contributed by atoms with Crippen LogP contribution in [-0.4, -0.2) is 14.7 Å². The lowest BCUT2D eigenvalue weighted by Crippen LogP contribution is -2.09. The van der Waals surface area contributed by atoms with E-state index in [9.17, 15) is 9.50 Å². The molecule has 0 aliphatic heterocycles. The van der Waals surface area contributed by atoms with Crippen molar-refractivity contribution in [1.29, 1.82) is 0 Å². The van der Waals surface area contributed by atoms with Crippen molar-refractivity contribution in [2.75, 3.05) is 0 Å². The number of hydrogen-bond acceptors (Lipinski definition) is 2. The lowest BCUT2D eigenvalue weighted by molar-refractivity contribution is 0.204. The minimum Gasteiger partial charge on any atom is -0.382 e. The van der Waals surface area contributed by atoms with Crippen LogP contribution in [0.4, 0.5) is 4.39 Å². The Balaban J connectivity index is 2.00. The zero-order chi connectivity index (χ0) is 12.7. The largest absolute Gasteiger partial charge is 0.382 e. The fourth-order valence-electron chi connectivity index (χ4n) is 2.22. The number of aryl methyl sites for hydroxylation is 1. The van der Waals surface area contributed by atoms with Crippen molar-refractivity contribution >= 4 is 0 Å². The molecule has 1 atom stereocenters. The molecule has 3 nitrogen and oxygen atoms in total. The SMILES string of the molecule is Cc1ccc(F)c(C(O)c2cncn2C2CC2)c1. The molecule has 18 heavy (non-hydrogen) atoms. The van der Waals surface area contributed by atoms with E-state index in [2.05, 4.69) is 4.98 Å². The Morgan fingerprint density at radius 3 is 2.94 bits per heavy atom. The average molecular weight is 246 g/mol. The summed E-state index contributed by atoms with van der Waals surface area (Å²) < 4.78 is 15.7. The first-order valence-corrected chi connectivity index (χ1v) is 6.12. The Morgan fingerprint density at radius 2 is 2.22 bits per heavy atom. The van der Waals surface area contributed by atoms with Gasteiger partial charge in [-0.3, -0.25) is 0 Å². The third-order valence-corrected chi connectivity index (χ3v) is 3.36. The molecular formula is C14H15FN2O. The molecule has 1 N–H and O–H groups in total. The van der Waals surface area contributed by atoms with Gasteiger partial charge < -0.3 is 9.67 Å². The number of imidazole rings is 1. The number of benzene rings is 1. The van der Waals surface area contributed by atoms with Crippen LogP contribution in [-0.2, 0) is 0 Å². The van der Waals surface area contributed by atoms with E-state index in [0.29, 0.717) is 17.3 Å². The number of hydrogen-bond donors (Lipinski definition) is 1. The van der Waals surface area contributed by atoms with Gasteiger partial charge in [-0.1, -0.05) is 17.7 Å². The maximum atomic E-state index is 13.8. The van der Waals surface area contributed by atoms with Gasteiger partial charge in [0.05, 0.1) is 18.2 Å². The number of aliphatic hydroxyl groups excluding tert-OH is 1. The van der Waals surface area contributed by atoms with E-state index < -0.39 is 6.10 Å². The van der Waals surface area contributed by atoms with Gasteiger partial charge >= 0.3 is 0 Å². The Hall–Kier alpha value is -1.68. The van der Waals surface area contributed by atoms with Crippen LogP contribution in [0.15, 0.2) is 30.7 Å². The van der Waals surface area contributed by atoms with Gasteiger partial charge in [0.15, 0.2) is 0 Å². The van der Waals surface area contributed by atoms with Gasteiger partial charge in [-0.2, -0.15) is 0 Å². The van der Waals surface area contributed by atoms with E-state index in [1.165, 1.54) is 6.07 Å². The fraction of sp³-hybridized carbons (Fsp3) is 0.357. The summed E-state index contributed by atoms with van der Waals surface area (Å²) in [6.07, 6.45) is 4.58. The van der Waals surface area contributed by atoms with E-state index in [1.54, 1.807) is 24.7 Å². The minimum absolute atomic E-state index is 0.317. The highest BCUT2D eigenvalue weighted by Gasteiger charge is 2.28. The first-order valence-electron chi connectivity index (χ1n) is 6.12. The second-order valence-electron chi connectivity index (χ2n) is 4.88. The Kier molecular flexibility index (Phi) is 2.67. The average Bonchev–Trinajstić information content (AvgIpc) is 3.09. The van der Waals surface area contributed by atoms with Crippen molar-refractivity contribution in [2.45, 2.75) is 31.9 Å². The summed E-state index contributed by atoms with van der Waals surface area (Å²) in [7, 11) is 0. The third kappa shape index (κ3) is 1.93. The number of rotatable bonds is 3. The molecule has 1 aromatic carbocycles. The molecule has 0 spiro atoms. The van der Waals surface area contributed by atoms with Crippen LogP contribution < -0.4 is 0 Å². The zero-order valence-corrected chi connectivity index (χ0v) is 10.2. The van der Waals surface area contributed by atoms with Gasteiger partial charge in [0, 0.05) is 11.6 Å². The minimum atomic E-state index is -0.951. The highest BCUT2D eigenvalue weighted by Crippen LogP contribution is 2.38. The first kappa shape index (κ1) is 11.4. The van der Waals surface area contributed by atoms with E-state index in [4.69, 9.17) is 0 Å². The summed E-state index contributed by atoms with van der Waals surface area (Å²) in [5.74, 6) is -0.378. The zero-order valence-electron chi connectivity index (χ0n) is 10.2. The molecule has 1 unspecified atom stereocenters. The molecule has 1 saturated carbocycles. The van der Waals surface area contributed by atoms with Crippen molar-refractivity contribution in [3.8, 4) is 0 Å². The predicted octanol–water partition coefficient (Wildman–Crippen LogP) is 2.75. The van der Waals surface area contributed by atoms with Gasteiger partial charge in [-0.25, -0.2) is 9.37 Å². The molecule has 1 fully saturated rings. The van der Waals surface area contributed by atoms with Crippen LogP contribution in [0.5, 0.6) is 0 Å². The first-order chi connectivity index (χ1) is 8.66. The number of halogens is 1. The molecular weight excluding hydrogens is 231 g/mol.